The van der Waals surface area contributed by atoms with Crippen LogP contribution in [-0.2, 0) is 6.61 Å². The number of carbonyl (C=O) groups is 1. The van der Waals surface area contributed by atoms with Gasteiger partial charge in [-0.15, -0.1) is 0 Å². The van der Waals surface area contributed by atoms with Gasteiger partial charge >= 0.3 is 0 Å². The third-order valence-electron chi connectivity index (χ3n) is 4.16. The van der Waals surface area contributed by atoms with Gasteiger partial charge < -0.3 is 9.47 Å². The van der Waals surface area contributed by atoms with Crippen molar-refractivity contribution < 1.29 is 14.3 Å². The Morgan fingerprint density at radius 2 is 1.84 bits per heavy atom. The van der Waals surface area contributed by atoms with Gasteiger partial charge in [0.25, 0.3) is 5.91 Å². The molecule has 0 atom stereocenters. The van der Waals surface area contributed by atoms with Gasteiger partial charge in [0.1, 0.15) is 18.1 Å². The second kappa shape index (κ2) is 11.2. The fourth-order valence-electron chi connectivity index (χ4n) is 2.61. The summed E-state index contributed by atoms with van der Waals surface area (Å²) in [5, 5.41) is 5.14. The molecule has 5 nitrogen and oxygen atoms in total. The van der Waals surface area contributed by atoms with Crippen LogP contribution in [0.2, 0.25) is 10.0 Å². The zero-order chi connectivity index (χ0) is 22.2. The summed E-state index contributed by atoms with van der Waals surface area (Å²) >= 11 is 15.6. The monoisotopic (exact) mass is 520 g/mol. The normalized spacial score (nSPS) is 10.8. The SMILES string of the molecule is CCOc1ccc(C(=O)N/N=C\c2ccc(OCc3ccc(Cl)cc3Cl)c(Br)c2)cc1. The molecule has 1 N–H and O–H groups in total. The van der Waals surface area contributed by atoms with Gasteiger partial charge in [0.15, 0.2) is 0 Å². The zero-order valence-electron chi connectivity index (χ0n) is 16.6. The molecule has 3 rings (SSSR count). The first-order valence-electron chi connectivity index (χ1n) is 9.39. The van der Waals surface area contributed by atoms with E-state index in [1.54, 1.807) is 42.6 Å². The van der Waals surface area contributed by atoms with E-state index in [2.05, 4.69) is 26.5 Å². The molecule has 0 spiro atoms. The predicted molar refractivity (Wildman–Crippen MR) is 128 cm³/mol. The maximum Gasteiger partial charge on any atom is 0.271 e. The summed E-state index contributed by atoms with van der Waals surface area (Å²) < 4.78 is 11.9. The van der Waals surface area contributed by atoms with E-state index in [0.29, 0.717) is 40.3 Å². The van der Waals surface area contributed by atoms with Crippen molar-refractivity contribution in [1.29, 1.82) is 0 Å². The number of benzene rings is 3. The number of hydrogen-bond acceptors (Lipinski definition) is 4. The number of hydrazone groups is 1. The number of nitrogens with zero attached hydrogens (tertiary/aromatic N) is 1. The lowest BCUT2D eigenvalue weighted by Crippen LogP contribution is -2.17. The van der Waals surface area contributed by atoms with Gasteiger partial charge in [-0.2, -0.15) is 5.10 Å². The third-order valence-corrected chi connectivity index (χ3v) is 5.37. The standard InChI is InChI=1S/C23H19BrCl2N2O3/c1-2-30-19-8-5-16(6-9-19)23(29)28-27-13-15-3-10-22(20(24)11-15)31-14-17-4-7-18(25)12-21(17)26/h3-13H,2,14H2,1H3,(H,28,29)/b27-13-. The second-order valence-corrected chi connectivity index (χ2v) is 8.07. The largest absolute Gasteiger partial charge is 0.494 e. The zero-order valence-corrected chi connectivity index (χ0v) is 19.7. The molecule has 3 aromatic rings. The van der Waals surface area contributed by atoms with Crippen molar-refractivity contribution in [2.45, 2.75) is 13.5 Å². The molecular weight excluding hydrogens is 503 g/mol. The topological polar surface area (TPSA) is 59.9 Å². The van der Waals surface area contributed by atoms with Crippen molar-refractivity contribution >= 4 is 51.3 Å². The molecule has 0 saturated heterocycles. The Morgan fingerprint density at radius 1 is 1.06 bits per heavy atom. The average Bonchev–Trinajstić information content (AvgIpc) is 2.75. The molecule has 3 aromatic carbocycles. The van der Waals surface area contributed by atoms with Crippen molar-refractivity contribution in [3.05, 3.63) is 91.9 Å². The number of ether oxygens (including phenoxy) is 2. The molecule has 0 saturated carbocycles. The highest BCUT2D eigenvalue weighted by Gasteiger charge is 2.07. The Morgan fingerprint density at radius 3 is 2.52 bits per heavy atom. The Bertz CT molecular complexity index is 1090. The van der Waals surface area contributed by atoms with E-state index in [9.17, 15) is 4.79 Å². The maximum atomic E-state index is 12.2. The molecule has 1 amide bonds. The highest BCUT2D eigenvalue weighted by atomic mass is 79.9. The van der Waals surface area contributed by atoms with E-state index in [1.807, 2.05) is 31.2 Å². The van der Waals surface area contributed by atoms with Gasteiger partial charge in [-0.25, -0.2) is 5.43 Å². The minimum absolute atomic E-state index is 0.306. The van der Waals surface area contributed by atoms with Gasteiger partial charge in [0.2, 0.25) is 0 Å². The van der Waals surface area contributed by atoms with E-state index >= 15 is 0 Å². The molecule has 0 aliphatic heterocycles. The number of amides is 1. The molecule has 0 unspecified atom stereocenters. The molecule has 0 aliphatic rings. The van der Waals surface area contributed by atoms with E-state index in [4.69, 9.17) is 32.7 Å². The first kappa shape index (κ1) is 23.1. The molecule has 31 heavy (non-hydrogen) atoms. The van der Waals surface area contributed by atoms with E-state index < -0.39 is 0 Å². The lowest BCUT2D eigenvalue weighted by molar-refractivity contribution is 0.0955. The number of halogens is 3. The average molecular weight is 522 g/mol. The van der Waals surface area contributed by atoms with E-state index in [-0.39, 0.29) is 5.91 Å². The number of rotatable bonds is 8. The molecule has 0 heterocycles. The summed E-state index contributed by atoms with van der Waals surface area (Å²) in [7, 11) is 0. The number of hydrogen-bond donors (Lipinski definition) is 1. The number of carbonyl (C=O) groups excluding carboxylic acids is 1. The molecule has 0 fully saturated rings. The summed E-state index contributed by atoms with van der Waals surface area (Å²) in [6.45, 7) is 2.78. The van der Waals surface area contributed by atoms with Crippen LogP contribution in [0, 0.1) is 0 Å². The summed E-state index contributed by atoms with van der Waals surface area (Å²) in [6, 6.07) is 17.6. The molecule has 0 radical (unpaired) electrons. The third kappa shape index (κ3) is 6.72. The second-order valence-electron chi connectivity index (χ2n) is 6.37. The van der Waals surface area contributed by atoms with E-state index in [1.165, 1.54) is 0 Å². The first-order valence-corrected chi connectivity index (χ1v) is 10.9. The van der Waals surface area contributed by atoms with Gasteiger partial charge in [-0.3, -0.25) is 4.79 Å². The van der Waals surface area contributed by atoms with Crippen LogP contribution in [0.4, 0.5) is 0 Å². The van der Waals surface area contributed by atoms with Crippen LogP contribution < -0.4 is 14.9 Å². The summed E-state index contributed by atoms with van der Waals surface area (Å²) in [4.78, 5) is 12.2. The van der Waals surface area contributed by atoms with Crippen LogP contribution in [0.1, 0.15) is 28.4 Å². The van der Waals surface area contributed by atoms with Crippen molar-refractivity contribution in [1.82, 2.24) is 5.43 Å². The van der Waals surface area contributed by atoms with Crippen molar-refractivity contribution in [2.75, 3.05) is 6.61 Å². The van der Waals surface area contributed by atoms with Crippen LogP contribution in [-0.4, -0.2) is 18.7 Å². The van der Waals surface area contributed by atoms with E-state index in [0.717, 1.165) is 15.6 Å². The smallest absolute Gasteiger partial charge is 0.271 e. The fraction of sp³-hybridized carbons (Fsp3) is 0.130. The lowest BCUT2D eigenvalue weighted by Gasteiger charge is -2.10. The molecule has 160 valence electrons. The maximum absolute atomic E-state index is 12.2. The number of nitrogens with one attached hydrogen (secondary N) is 1. The Balaban J connectivity index is 1.56. The van der Waals surface area contributed by atoms with Crippen LogP contribution in [0.3, 0.4) is 0 Å². The van der Waals surface area contributed by atoms with Crippen LogP contribution in [0.25, 0.3) is 0 Å². The van der Waals surface area contributed by atoms with Gasteiger partial charge in [0.05, 0.1) is 17.3 Å². The van der Waals surface area contributed by atoms with Crippen LogP contribution in [0.15, 0.2) is 70.2 Å². The predicted octanol–water partition coefficient (Wildman–Crippen LogP) is 6.50. The van der Waals surface area contributed by atoms with Gasteiger partial charge in [-0.1, -0.05) is 29.3 Å². The van der Waals surface area contributed by atoms with Crippen LogP contribution >= 0.6 is 39.1 Å². The Hall–Kier alpha value is -2.54. The first-order chi connectivity index (χ1) is 15.0. The lowest BCUT2D eigenvalue weighted by atomic mass is 10.2. The molecule has 8 heteroatoms. The fourth-order valence-corrected chi connectivity index (χ4v) is 3.58. The minimum Gasteiger partial charge on any atom is -0.494 e. The summed E-state index contributed by atoms with van der Waals surface area (Å²) in [6.07, 6.45) is 1.55. The van der Waals surface area contributed by atoms with Crippen molar-refractivity contribution in [3.63, 3.8) is 0 Å². The quantitative estimate of drug-likeness (QED) is 0.272. The minimum atomic E-state index is -0.307. The van der Waals surface area contributed by atoms with Gasteiger partial charge in [-0.05, 0) is 83.0 Å². The molecule has 0 aromatic heterocycles. The highest BCUT2D eigenvalue weighted by Crippen LogP contribution is 2.28. The summed E-state index contributed by atoms with van der Waals surface area (Å²) in [5.74, 6) is 1.06. The summed E-state index contributed by atoms with van der Waals surface area (Å²) in [5.41, 5.74) is 4.62. The molecule has 0 aliphatic carbocycles. The Labute approximate surface area is 199 Å². The van der Waals surface area contributed by atoms with Crippen molar-refractivity contribution in [2.24, 2.45) is 5.10 Å². The van der Waals surface area contributed by atoms with Crippen LogP contribution in [0.5, 0.6) is 11.5 Å². The molecular formula is C23H19BrCl2N2O3. The highest BCUT2D eigenvalue weighted by molar-refractivity contribution is 9.10. The molecule has 0 bridgehead atoms. The van der Waals surface area contributed by atoms with Gasteiger partial charge in [0, 0.05) is 21.2 Å². The van der Waals surface area contributed by atoms with Crippen molar-refractivity contribution in [3.8, 4) is 11.5 Å². The Kier molecular flexibility index (Phi) is 8.35.